The standard InChI is InChI=1S/C26H23BrN2O3/c27-15-6-8-16(9-7-15)28-24(30)21(12-14-4-2-1-3-5-14)29-25(31)22-17-10-11-18(20-13-19(17)20)23(22)26(29)32/h1-11,17-23H,12-13H2,(H,28,30)/t17-,18-,19-,20+,21-,22+,23+/m0/s1. The average Bonchev–Trinajstić information content (AvgIpc) is 3.58. The minimum atomic E-state index is -0.873. The number of hydrogen-bond acceptors (Lipinski definition) is 3. The van der Waals surface area contributed by atoms with Crippen LogP contribution in [-0.4, -0.2) is 28.7 Å². The van der Waals surface area contributed by atoms with Crippen molar-refractivity contribution in [3.05, 3.63) is 76.8 Å². The maximum absolute atomic E-state index is 13.6. The van der Waals surface area contributed by atoms with Gasteiger partial charge in [-0.25, -0.2) is 0 Å². The van der Waals surface area contributed by atoms with Gasteiger partial charge in [0.25, 0.3) is 0 Å². The molecule has 1 N–H and O–H groups in total. The number of carbonyl (C=O) groups is 3. The van der Waals surface area contributed by atoms with E-state index in [9.17, 15) is 14.4 Å². The molecule has 0 radical (unpaired) electrons. The van der Waals surface area contributed by atoms with Crippen molar-refractivity contribution in [2.45, 2.75) is 18.9 Å². The molecule has 0 unspecified atom stereocenters. The first-order valence-electron chi connectivity index (χ1n) is 11.2. The van der Waals surface area contributed by atoms with Crippen LogP contribution >= 0.6 is 15.9 Å². The molecule has 6 heteroatoms. The fourth-order valence-electron chi connectivity index (χ4n) is 6.18. The van der Waals surface area contributed by atoms with Gasteiger partial charge in [0.1, 0.15) is 6.04 Å². The van der Waals surface area contributed by atoms with Crippen LogP contribution in [0.1, 0.15) is 12.0 Å². The third kappa shape index (κ3) is 3.07. The lowest BCUT2D eigenvalue weighted by Gasteiger charge is -2.37. The third-order valence-corrected chi connectivity index (χ3v) is 8.22. The molecule has 3 amide bonds. The smallest absolute Gasteiger partial charge is 0.248 e. The predicted octanol–water partition coefficient (Wildman–Crippen LogP) is 4.05. The van der Waals surface area contributed by atoms with E-state index in [2.05, 4.69) is 33.4 Å². The van der Waals surface area contributed by atoms with Gasteiger partial charge in [-0.05, 0) is 59.9 Å². The van der Waals surface area contributed by atoms with E-state index in [1.165, 1.54) is 4.90 Å². The fraction of sp³-hybridized carbons (Fsp3) is 0.346. The Balaban J connectivity index is 1.33. The SMILES string of the molecule is O=C(Nc1ccc(Br)cc1)[C@H](Cc1ccccc1)N1C(=O)[C@@H]2[C@H]3C=C[C@@H]([C@@H]4C[C@H]34)[C@H]2C1=O. The molecule has 2 aromatic carbocycles. The molecular weight excluding hydrogens is 468 g/mol. The lowest BCUT2D eigenvalue weighted by atomic mass is 9.63. The van der Waals surface area contributed by atoms with Gasteiger partial charge in [0, 0.05) is 16.6 Å². The zero-order valence-corrected chi connectivity index (χ0v) is 18.9. The van der Waals surface area contributed by atoms with Crippen molar-refractivity contribution in [3.8, 4) is 0 Å². The van der Waals surface area contributed by atoms with Gasteiger partial charge in [0.2, 0.25) is 17.7 Å². The molecule has 2 aromatic rings. The second kappa shape index (κ2) is 7.41. The van der Waals surface area contributed by atoms with E-state index in [1.54, 1.807) is 12.1 Å². The normalized spacial score (nSPS) is 32.5. The molecule has 3 fully saturated rings. The highest BCUT2D eigenvalue weighted by atomic mass is 79.9. The van der Waals surface area contributed by atoms with Crippen LogP contribution in [0.15, 0.2) is 71.2 Å². The molecule has 7 rings (SSSR count). The number of nitrogens with one attached hydrogen (secondary N) is 1. The van der Waals surface area contributed by atoms with Crippen molar-refractivity contribution in [3.63, 3.8) is 0 Å². The maximum atomic E-state index is 13.6. The molecule has 1 aliphatic heterocycles. The predicted molar refractivity (Wildman–Crippen MR) is 123 cm³/mol. The number of rotatable bonds is 5. The van der Waals surface area contributed by atoms with Crippen LogP contribution in [0.3, 0.4) is 0 Å². The molecule has 5 aliphatic rings. The molecule has 2 saturated carbocycles. The highest BCUT2D eigenvalue weighted by Crippen LogP contribution is 2.65. The molecule has 2 bridgehead atoms. The van der Waals surface area contributed by atoms with E-state index >= 15 is 0 Å². The molecule has 0 spiro atoms. The molecule has 4 aliphatic carbocycles. The van der Waals surface area contributed by atoms with Crippen LogP contribution < -0.4 is 5.32 Å². The second-order valence-electron chi connectivity index (χ2n) is 9.40. The maximum Gasteiger partial charge on any atom is 0.248 e. The molecular formula is C26H23BrN2O3. The Morgan fingerprint density at radius 1 is 0.938 bits per heavy atom. The average molecular weight is 491 g/mol. The summed E-state index contributed by atoms with van der Waals surface area (Å²) < 4.78 is 0.909. The van der Waals surface area contributed by atoms with Crippen LogP contribution in [0.2, 0.25) is 0 Å². The van der Waals surface area contributed by atoms with Crippen molar-refractivity contribution in [1.29, 1.82) is 0 Å². The number of benzene rings is 2. The number of halogens is 1. The van der Waals surface area contributed by atoms with Crippen LogP contribution in [-0.2, 0) is 20.8 Å². The van der Waals surface area contributed by atoms with Gasteiger partial charge < -0.3 is 5.32 Å². The van der Waals surface area contributed by atoms with Gasteiger partial charge in [0.05, 0.1) is 11.8 Å². The zero-order valence-electron chi connectivity index (χ0n) is 17.4. The molecule has 7 atom stereocenters. The first kappa shape index (κ1) is 19.9. The molecule has 5 nitrogen and oxygen atoms in total. The van der Waals surface area contributed by atoms with Crippen LogP contribution in [0.5, 0.6) is 0 Å². The van der Waals surface area contributed by atoms with E-state index in [0.717, 1.165) is 16.5 Å². The lowest BCUT2D eigenvalue weighted by Crippen LogP contribution is -2.49. The molecule has 1 saturated heterocycles. The van der Waals surface area contributed by atoms with Crippen molar-refractivity contribution in [2.24, 2.45) is 35.5 Å². The number of imide groups is 1. The number of nitrogens with zero attached hydrogens (tertiary/aromatic N) is 1. The first-order valence-corrected chi connectivity index (χ1v) is 12.0. The Bertz CT molecular complexity index is 1090. The molecule has 32 heavy (non-hydrogen) atoms. The third-order valence-electron chi connectivity index (χ3n) is 7.69. The summed E-state index contributed by atoms with van der Waals surface area (Å²) in [6, 6.07) is 16.0. The van der Waals surface area contributed by atoms with Gasteiger partial charge in [-0.2, -0.15) is 0 Å². The fourth-order valence-corrected chi connectivity index (χ4v) is 6.45. The van der Waals surface area contributed by atoms with Gasteiger partial charge >= 0.3 is 0 Å². The summed E-state index contributed by atoms with van der Waals surface area (Å²) in [6.45, 7) is 0. The summed E-state index contributed by atoms with van der Waals surface area (Å²) in [5.41, 5.74) is 1.55. The highest BCUT2D eigenvalue weighted by Gasteiger charge is 2.67. The van der Waals surface area contributed by atoms with Crippen LogP contribution in [0.4, 0.5) is 5.69 Å². The van der Waals surface area contributed by atoms with Gasteiger partial charge in [-0.3, -0.25) is 19.3 Å². The lowest BCUT2D eigenvalue weighted by molar-refractivity contribution is -0.146. The summed E-state index contributed by atoms with van der Waals surface area (Å²) in [4.78, 5) is 42.0. The first-order chi connectivity index (χ1) is 15.5. The summed E-state index contributed by atoms with van der Waals surface area (Å²) in [7, 11) is 0. The molecule has 1 heterocycles. The van der Waals surface area contributed by atoms with Crippen LogP contribution in [0, 0.1) is 35.5 Å². The van der Waals surface area contributed by atoms with Crippen molar-refractivity contribution in [1.82, 2.24) is 4.90 Å². The van der Waals surface area contributed by atoms with E-state index < -0.39 is 6.04 Å². The monoisotopic (exact) mass is 490 g/mol. The van der Waals surface area contributed by atoms with Crippen molar-refractivity contribution >= 4 is 39.3 Å². The van der Waals surface area contributed by atoms with Gasteiger partial charge in [-0.15, -0.1) is 0 Å². The van der Waals surface area contributed by atoms with E-state index in [1.807, 2.05) is 42.5 Å². The number of hydrogen-bond donors (Lipinski definition) is 1. The van der Waals surface area contributed by atoms with Gasteiger partial charge in [-0.1, -0.05) is 58.4 Å². The Labute approximate surface area is 195 Å². The minimum Gasteiger partial charge on any atom is -0.324 e. The number of likely N-dealkylation sites (tertiary alicyclic amines) is 1. The number of allylic oxidation sites excluding steroid dienone is 2. The van der Waals surface area contributed by atoms with Gasteiger partial charge in [0.15, 0.2) is 0 Å². The number of amides is 3. The van der Waals surface area contributed by atoms with E-state index in [0.29, 0.717) is 23.9 Å². The Morgan fingerprint density at radius 3 is 2.12 bits per heavy atom. The zero-order chi connectivity index (χ0) is 22.0. The summed E-state index contributed by atoms with van der Waals surface area (Å²) in [5, 5.41) is 2.92. The molecule has 0 aromatic heterocycles. The molecule has 162 valence electrons. The Hall–Kier alpha value is -2.73. The van der Waals surface area contributed by atoms with E-state index in [-0.39, 0.29) is 41.4 Å². The highest BCUT2D eigenvalue weighted by molar-refractivity contribution is 9.10. The Kier molecular flexibility index (Phi) is 4.61. The second-order valence-corrected chi connectivity index (χ2v) is 10.3. The minimum absolute atomic E-state index is 0.142. The quantitative estimate of drug-likeness (QED) is 0.507. The summed E-state index contributed by atoms with van der Waals surface area (Å²) in [5.74, 6) is 0.0705. The Morgan fingerprint density at radius 2 is 1.53 bits per heavy atom. The summed E-state index contributed by atoms with van der Waals surface area (Å²) >= 11 is 3.40. The number of carbonyl (C=O) groups excluding carboxylic acids is 3. The summed E-state index contributed by atoms with van der Waals surface area (Å²) in [6.07, 6.45) is 5.73. The largest absolute Gasteiger partial charge is 0.324 e. The van der Waals surface area contributed by atoms with Crippen LogP contribution in [0.25, 0.3) is 0 Å². The van der Waals surface area contributed by atoms with Crippen molar-refractivity contribution in [2.75, 3.05) is 5.32 Å². The topological polar surface area (TPSA) is 66.5 Å². The van der Waals surface area contributed by atoms with Crippen molar-refractivity contribution < 1.29 is 14.4 Å². The van der Waals surface area contributed by atoms with E-state index in [4.69, 9.17) is 0 Å². The number of anilines is 1.